The van der Waals surface area contributed by atoms with Crippen molar-refractivity contribution in [2.45, 2.75) is 32.7 Å². The van der Waals surface area contributed by atoms with E-state index >= 15 is 0 Å². The number of fused-ring (bicyclic) bond motifs is 2. The fourth-order valence-electron chi connectivity index (χ4n) is 4.47. The number of anilines is 1. The van der Waals surface area contributed by atoms with E-state index in [0.29, 0.717) is 17.3 Å². The van der Waals surface area contributed by atoms with E-state index in [-0.39, 0.29) is 5.75 Å². The van der Waals surface area contributed by atoms with Crippen molar-refractivity contribution in [2.24, 2.45) is 7.05 Å². The first kappa shape index (κ1) is 19.8. The molecule has 160 valence electrons. The molecule has 0 bridgehead atoms. The van der Waals surface area contributed by atoms with Gasteiger partial charge in [0.2, 0.25) is 0 Å². The Balaban J connectivity index is 1.46. The molecule has 0 spiro atoms. The third kappa shape index (κ3) is 3.59. The zero-order chi connectivity index (χ0) is 21.5. The van der Waals surface area contributed by atoms with Crippen LogP contribution in [0.2, 0.25) is 0 Å². The second-order valence-electron chi connectivity index (χ2n) is 8.45. The van der Waals surface area contributed by atoms with E-state index in [1.54, 1.807) is 10.9 Å². The molecule has 0 saturated carbocycles. The summed E-state index contributed by atoms with van der Waals surface area (Å²) in [4.78, 5) is 11.9. The molecule has 2 aromatic heterocycles. The normalized spacial score (nSPS) is 16.6. The Morgan fingerprint density at radius 1 is 1.23 bits per heavy atom. The molecule has 0 aliphatic carbocycles. The van der Waals surface area contributed by atoms with Crippen LogP contribution in [0.4, 0.5) is 5.69 Å². The summed E-state index contributed by atoms with van der Waals surface area (Å²) in [6.07, 6.45) is 6.02. The van der Waals surface area contributed by atoms with Gasteiger partial charge in [-0.25, -0.2) is 4.98 Å². The lowest BCUT2D eigenvalue weighted by Gasteiger charge is -2.19. The number of aryl methyl sites for hydroxylation is 2. The van der Waals surface area contributed by atoms with Crippen LogP contribution in [-0.2, 0) is 7.05 Å². The van der Waals surface area contributed by atoms with Crippen molar-refractivity contribution < 1.29 is 5.11 Å². The third-order valence-corrected chi connectivity index (χ3v) is 6.16. The van der Waals surface area contributed by atoms with Gasteiger partial charge in [-0.15, -0.1) is 0 Å². The Morgan fingerprint density at radius 3 is 2.94 bits per heavy atom. The first-order valence-electron chi connectivity index (χ1n) is 10.9. The summed E-state index contributed by atoms with van der Waals surface area (Å²) in [7, 11) is 1.88. The fraction of sp³-hybridized carbons (Fsp3) is 0.375. The van der Waals surface area contributed by atoms with Gasteiger partial charge >= 0.3 is 0 Å². The van der Waals surface area contributed by atoms with Crippen LogP contribution in [0.3, 0.4) is 0 Å². The van der Waals surface area contributed by atoms with Gasteiger partial charge in [-0.2, -0.15) is 5.10 Å². The lowest BCUT2D eigenvalue weighted by atomic mass is 10.0. The van der Waals surface area contributed by atoms with Crippen LogP contribution in [0.1, 0.15) is 25.3 Å². The molecular weight excluding hydrogens is 388 g/mol. The Labute approximate surface area is 181 Å². The number of phenols is 1. The van der Waals surface area contributed by atoms with Crippen molar-refractivity contribution in [3.63, 3.8) is 0 Å². The molecule has 31 heavy (non-hydrogen) atoms. The minimum atomic E-state index is 0.208. The van der Waals surface area contributed by atoms with E-state index in [1.165, 1.54) is 5.69 Å². The average molecular weight is 417 g/mol. The van der Waals surface area contributed by atoms with Crippen LogP contribution in [0.5, 0.6) is 5.75 Å². The van der Waals surface area contributed by atoms with Gasteiger partial charge in [0, 0.05) is 54.6 Å². The molecule has 1 aliphatic heterocycles. The SMILES string of the molecule is CCCN[C@@H]1CCN(c2ccc3nc(-c4cc5cn(C)nc5c(C)c4O)cnc3c2)C1. The Hall–Kier alpha value is -3.19. The maximum Gasteiger partial charge on any atom is 0.130 e. The van der Waals surface area contributed by atoms with Gasteiger partial charge in [0.1, 0.15) is 5.75 Å². The maximum absolute atomic E-state index is 10.8. The van der Waals surface area contributed by atoms with Crippen molar-refractivity contribution in [1.82, 2.24) is 25.1 Å². The Bertz CT molecular complexity index is 1260. The molecular formula is C24H28N6O. The van der Waals surface area contributed by atoms with Crippen LogP contribution >= 0.6 is 0 Å². The molecule has 1 aliphatic rings. The van der Waals surface area contributed by atoms with Crippen LogP contribution in [0.15, 0.2) is 36.7 Å². The van der Waals surface area contributed by atoms with Crippen molar-refractivity contribution in [3.8, 4) is 17.0 Å². The molecule has 7 nitrogen and oxygen atoms in total. The van der Waals surface area contributed by atoms with E-state index in [0.717, 1.165) is 60.0 Å². The van der Waals surface area contributed by atoms with Gasteiger partial charge in [-0.05, 0) is 50.6 Å². The summed E-state index contributed by atoms with van der Waals surface area (Å²) >= 11 is 0. The summed E-state index contributed by atoms with van der Waals surface area (Å²) in [6.45, 7) is 7.23. The van der Waals surface area contributed by atoms with Crippen molar-refractivity contribution in [3.05, 3.63) is 42.2 Å². The molecule has 0 radical (unpaired) electrons. The average Bonchev–Trinajstić information content (AvgIpc) is 3.40. The third-order valence-electron chi connectivity index (χ3n) is 6.16. The highest BCUT2D eigenvalue weighted by Crippen LogP contribution is 2.36. The predicted octanol–water partition coefficient (Wildman–Crippen LogP) is 3.78. The number of nitrogens with zero attached hydrogens (tertiary/aromatic N) is 5. The molecule has 3 heterocycles. The first-order chi connectivity index (χ1) is 15.0. The zero-order valence-corrected chi connectivity index (χ0v) is 18.3. The highest BCUT2D eigenvalue weighted by molar-refractivity contribution is 5.91. The van der Waals surface area contributed by atoms with Gasteiger partial charge in [0.15, 0.2) is 0 Å². The molecule has 0 amide bonds. The van der Waals surface area contributed by atoms with Gasteiger partial charge in [0.05, 0.1) is 28.4 Å². The van der Waals surface area contributed by atoms with E-state index < -0.39 is 0 Å². The molecule has 4 aromatic rings. The van der Waals surface area contributed by atoms with Crippen LogP contribution in [0, 0.1) is 6.92 Å². The number of aromatic nitrogens is 4. The molecule has 2 aromatic carbocycles. The summed E-state index contributed by atoms with van der Waals surface area (Å²) in [5.74, 6) is 0.208. The summed E-state index contributed by atoms with van der Waals surface area (Å²) < 4.78 is 1.76. The van der Waals surface area contributed by atoms with Crippen LogP contribution < -0.4 is 10.2 Å². The number of hydrogen-bond donors (Lipinski definition) is 2. The smallest absolute Gasteiger partial charge is 0.130 e. The van der Waals surface area contributed by atoms with Crippen molar-refractivity contribution in [2.75, 3.05) is 24.5 Å². The van der Waals surface area contributed by atoms with E-state index in [4.69, 9.17) is 4.98 Å². The second kappa shape index (κ2) is 7.81. The number of rotatable bonds is 5. The lowest BCUT2D eigenvalue weighted by molar-refractivity contribution is 0.474. The standard InChI is InChI=1S/C24H28N6O/c1-4-8-25-17-7-9-30(14-17)18-5-6-20-21(11-18)26-12-22(27-20)19-10-16-13-29(3)28-23(16)15(2)24(19)31/h5-6,10-13,17,25,31H,4,7-9,14H2,1-3H3/t17-/m1/s1. The largest absolute Gasteiger partial charge is 0.507 e. The van der Waals surface area contributed by atoms with Gasteiger partial charge < -0.3 is 15.3 Å². The monoisotopic (exact) mass is 416 g/mol. The minimum Gasteiger partial charge on any atom is -0.507 e. The van der Waals surface area contributed by atoms with E-state index in [9.17, 15) is 5.11 Å². The van der Waals surface area contributed by atoms with E-state index in [1.807, 2.05) is 32.3 Å². The lowest BCUT2D eigenvalue weighted by Crippen LogP contribution is -2.32. The molecule has 1 saturated heterocycles. The number of aromatic hydroxyl groups is 1. The van der Waals surface area contributed by atoms with Gasteiger partial charge in [-0.1, -0.05) is 6.92 Å². The first-order valence-corrected chi connectivity index (χ1v) is 10.9. The summed E-state index contributed by atoms with van der Waals surface area (Å²) in [5.41, 5.74) is 5.78. The van der Waals surface area contributed by atoms with E-state index in [2.05, 4.69) is 39.4 Å². The second-order valence-corrected chi connectivity index (χ2v) is 8.45. The molecule has 7 heteroatoms. The number of hydrogen-bond acceptors (Lipinski definition) is 6. The Kier molecular flexibility index (Phi) is 4.98. The molecule has 2 N–H and O–H groups in total. The van der Waals surface area contributed by atoms with Gasteiger partial charge in [0.25, 0.3) is 0 Å². The topological polar surface area (TPSA) is 79.1 Å². The highest BCUT2D eigenvalue weighted by Gasteiger charge is 2.22. The predicted molar refractivity (Wildman–Crippen MR) is 125 cm³/mol. The van der Waals surface area contributed by atoms with Crippen LogP contribution in [-0.4, -0.2) is 50.5 Å². The molecule has 1 fully saturated rings. The molecule has 5 rings (SSSR count). The van der Waals surface area contributed by atoms with Gasteiger partial charge in [-0.3, -0.25) is 9.67 Å². The summed E-state index contributed by atoms with van der Waals surface area (Å²) in [6, 6.07) is 8.75. The molecule has 0 unspecified atom stereocenters. The molecule has 1 atom stereocenters. The minimum absolute atomic E-state index is 0.208. The van der Waals surface area contributed by atoms with Crippen molar-refractivity contribution in [1.29, 1.82) is 0 Å². The number of benzene rings is 2. The van der Waals surface area contributed by atoms with Crippen LogP contribution in [0.25, 0.3) is 33.2 Å². The quantitative estimate of drug-likeness (QED) is 0.516. The fourth-order valence-corrected chi connectivity index (χ4v) is 4.47. The Morgan fingerprint density at radius 2 is 2.10 bits per heavy atom. The summed E-state index contributed by atoms with van der Waals surface area (Å²) in [5, 5.41) is 19.8. The number of nitrogens with one attached hydrogen (secondary N) is 1. The zero-order valence-electron chi connectivity index (χ0n) is 18.3. The maximum atomic E-state index is 10.8. The number of phenolic OH excluding ortho intramolecular Hbond substituents is 1. The highest BCUT2D eigenvalue weighted by atomic mass is 16.3. The van der Waals surface area contributed by atoms with Crippen molar-refractivity contribution >= 4 is 27.6 Å².